The first-order valence-corrected chi connectivity index (χ1v) is 12.5. The summed E-state index contributed by atoms with van der Waals surface area (Å²) in [6.07, 6.45) is 0.422. The zero-order valence-electron chi connectivity index (χ0n) is 18.3. The number of fused-ring (bicyclic) bond motifs is 1. The number of benzene rings is 2. The summed E-state index contributed by atoms with van der Waals surface area (Å²) in [4.78, 5) is 28.6. The SMILES string of the molecule is CCC(CC)(CC(=O)Nc1cccc(S(=O)(=O)Cc2ccc3ccc(Cl)cc3n2)c1)C(=O)O. The van der Waals surface area contributed by atoms with Crippen LogP contribution in [0.3, 0.4) is 0 Å². The van der Waals surface area contributed by atoms with Crippen LogP contribution >= 0.6 is 11.6 Å². The number of halogens is 1. The third-order valence-electron chi connectivity index (χ3n) is 5.83. The molecule has 0 spiro atoms. The van der Waals surface area contributed by atoms with E-state index in [1.807, 2.05) is 6.07 Å². The van der Waals surface area contributed by atoms with Crippen LogP contribution in [-0.2, 0) is 25.2 Å². The van der Waals surface area contributed by atoms with Crippen molar-refractivity contribution in [2.75, 3.05) is 5.32 Å². The number of carboxylic acid groups (broad SMARTS) is 1. The van der Waals surface area contributed by atoms with Gasteiger partial charge in [0.25, 0.3) is 0 Å². The van der Waals surface area contributed by atoms with Crippen LogP contribution in [0.15, 0.2) is 59.5 Å². The summed E-state index contributed by atoms with van der Waals surface area (Å²) >= 11 is 6.01. The number of carboxylic acids is 1. The first-order chi connectivity index (χ1) is 15.6. The molecular formula is C24H25ClN2O5S. The van der Waals surface area contributed by atoms with Gasteiger partial charge in [0.1, 0.15) is 0 Å². The van der Waals surface area contributed by atoms with Crippen molar-refractivity contribution in [1.29, 1.82) is 0 Å². The minimum absolute atomic E-state index is 0.0313. The van der Waals surface area contributed by atoms with Crippen LogP contribution in [0, 0.1) is 5.41 Å². The second kappa shape index (κ2) is 9.89. The molecule has 7 nitrogen and oxygen atoms in total. The van der Waals surface area contributed by atoms with E-state index in [0.717, 1.165) is 5.39 Å². The Hall–Kier alpha value is -2.97. The van der Waals surface area contributed by atoms with E-state index >= 15 is 0 Å². The smallest absolute Gasteiger partial charge is 0.310 e. The average molecular weight is 489 g/mol. The maximum atomic E-state index is 13.0. The average Bonchev–Trinajstić information content (AvgIpc) is 2.77. The summed E-state index contributed by atoms with van der Waals surface area (Å²) in [6.45, 7) is 3.46. The molecule has 3 rings (SSSR count). The number of hydrogen-bond acceptors (Lipinski definition) is 5. The second-order valence-electron chi connectivity index (χ2n) is 7.94. The van der Waals surface area contributed by atoms with E-state index in [2.05, 4.69) is 10.3 Å². The number of anilines is 1. The number of sulfone groups is 1. The van der Waals surface area contributed by atoms with Gasteiger partial charge in [-0.1, -0.05) is 43.6 Å². The van der Waals surface area contributed by atoms with Crippen molar-refractivity contribution in [2.45, 2.75) is 43.8 Å². The molecule has 0 fully saturated rings. The van der Waals surface area contributed by atoms with Gasteiger partial charge in [0.2, 0.25) is 5.91 Å². The van der Waals surface area contributed by atoms with Crippen molar-refractivity contribution in [3.8, 4) is 0 Å². The summed E-state index contributed by atoms with van der Waals surface area (Å²) in [5, 5.41) is 13.5. The number of nitrogens with one attached hydrogen (secondary N) is 1. The third kappa shape index (κ3) is 5.69. The van der Waals surface area contributed by atoms with Crippen molar-refractivity contribution in [3.05, 3.63) is 65.3 Å². The Morgan fingerprint density at radius 2 is 1.76 bits per heavy atom. The number of carbonyl (C=O) groups excluding carboxylic acids is 1. The number of pyridine rings is 1. The fraction of sp³-hybridized carbons (Fsp3) is 0.292. The molecule has 1 amide bonds. The van der Waals surface area contributed by atoms with Crippen molar-refractivity contribution in [1.82, 2.24) is 4.98 Å². The maximum Gasteiger partial charge on any atom is 0.310 e. The molecule has 0 aliphatic heterocycles. The van der Waals surface area contributed by atoms with Gasteiger partial charge in [-0.25, -0.2) is 8.42 Å². The van der Waals surface area contributed by atoms with Crippen LogP contribution in [0.4, 0.5) is 5.69 Å². The Morgan fingerprint density at radius 3 is 2.42 bits per heavy atom. The standard InChI is InChI=1S/C24H25ClN2O5S/c1-3-24(4-2,23(29)30)14-22(28)27-18-6-5-7-20(13-18)33(31,32)15-19-11-9-16-8-10-17(25)12-21(16)26-19/h5-13H,3-4,14-15H2,1-2H3,(H,27,28)(H,29,30). The van der Waals surface area contributed by atoms with Crippen molar-refractivity contribution >= 4 is 49.9 Å². The fourth-order valence-electron chi connectivity index (χ4n) is 3.65. The lowest BCUT2D eigenvalue weighted by Gasteiger charge is -2.25. The fourth-order valence-corrected chi connectivity index (χ4v) is 5.12. The molecule has 9 heteroatoms. The molecule has 0 unspecified atom stereocenters. The van der Waals surface area contributed by atoms with Crippen molar-refractivity contribution in [3.63, 3.8) is 0 Å². The molecule has 0 atom stereocenters. The highest BCUT2D eigenvalue weighted by molar-refractivity contribution is 7.90. The molecule has 0 aliphatic rings. The minimum atomic E-state index is -3.75. The van der Waals surface area contributed by atoms with Gasteiger partial charge in [0.15, 0.2) is 9.84 Å². The van der Waals surface area contributed by atoms with Crippen LogP contribution in [0.1, 0.15) is 38.8 Å². The number of hydrogen-bond donors (Lipinski definition) is 2. The highest BCUT2D eigenvalue weighted by atomic mass is 35.5. The van der Waals surface area contributed by atoms with E-state index in [4.69, 9.17) is 11.6 Å². The summed E-state index contributed by atoms with van der Waals surface area (Å²) in [5.74, 6) is -1.83. The summed E-state index contributed by atoms with van der Waals surface area (Å²) in [7, 11) is -3.75. The first-order valence-electron chi connectivity index (χ1n) is 10.5. The van der Waals surface area contributed by atoms with E-state index in [1.165, 1.54) is 18.2 Å². The van der Waals surface area contributed by atoms with E-state index in [1.54, 1.807) is 44.2 Å². The Bertz CT molecular complexity index is 1300. The van der Waals surface area contributed by atoms with E-state index in [0.29, 0.717) is 29.1 Å². The highest BCUT2D eigenvalue weighted by Crippen LogP contribution is 2.31. The lowest BCUT2D eigenvalue weighted by molar-refractivity contribution is -0.151. The van der Waals surface area contributed by atoms with E-state index in [9.17, 15) is 23.1 Å². The quantitative estimate of drug-likeness (QED) is 0.434. The first kappa shape index (κ1) is 24.7. The summed E-state index contributed by atoms with van der Waals surface area (Å²) < 4.78 is 26.0. The maximum absolute atomic E-state index is 13.0. The van der Waals surface area contributed by atoms with Gasteiger partial charge in [-0.05, 0) is 49.2 Å². The van der Waals surface area contributed by atoms with Crippen LogP contribution in [0.2, 0.25) is 5.02 Å². The zero-order chi connectivity index (χ0) is 24.2. The van der Waals surface area contributed by atoms with Gasteiger partial charge in [0.05, 0.1) is 27.3 Å². The van der Waals surface area contributed by atoms with E-state index in [-0.39, 0.29) is 22.8 Å². The van der Waals surface area contributed by atoms with Gasteiger partial charge in [0, 0.05) is 22.5 Å². The van der Waals surface area contributed by atoms with E-state index < -0.39 is 27.1 Å². The number of aliphatic carboxylic acids is 1. The molecule has 1 aromatic heterocycles. The monoisotopic (exact) mass is 488 g/mol. The molecule has 2 aromatic carbocycles. The normalized spacial score (nSPS) is 12.0. The summed E-state index contributed by atoms with van der Waals surface area (Å²) in [5.41, 5.74) is 0.102. The number of aromatic nitrogens is 1. The molecule has 0 radical (unpaired) electrons. The number of amides is 1. The second-order valence-corrected chi connectivity index (χ2v) is 10.4. The van der Waals surface area contributed by atoms with Crippen LogP contribution in [-0.4, -0.2) is 30.4 Å². The zero-order valence-corrected chi connectivity index (χ0v) is 19.9. The molecule has 33 heavy (non-hydrogen) atoms. The van der Waals surface area contributed by atoms with Gasteiger partial charge in [-0.15, -0.1) is 0 Å². The lowest BCUT2D eigenvalue weighted by atomic mass is 9.79. The molecule has 0 saturated heterocycles. The summed E-state index contributed by atoms with van der Waals surface area (Å²) in [6, 6.07) is 14.6. The molecule has 0 saturated carbocycles. The Kier molecular flexibility index (Phi) is 7.39. The Balaban J connectivity index is 1.79. The van der Waals surface area contributed by atoms with Crippen molar-refractivity contribution < 1.29 is 23.1 Å². The van der Waals surface area contributed by atoms with Crippen LogP contribution in [0.5, 0.6) is 0 Å². The predicted octanol–water partition coefficient (Wildman–Crippen LogP) is 5.08. The lowest BCUT2D eigenvalue weighted by Crippen LogP contribution is -2.34. The molecule has 1 heterocycles. The predicted molar refractivity (Wildman–Crippen MR) is 128 cm³/mol. The van der Waals surface area contributed by atoms with Crippen LogP contribution in [0.25, 0.3) is 10.9 Å². The Morgan fingerprint density at radius 1 is 1.06 bits per heavy atom. The third-order valence-corrected chi connectivity index (χ3v) is 7.72. The molecular weight excluding hydrogens is 464 g/mol. The molecule has 2 N–H and O–H groups in total. The number of carbonyl (C=O) groups is 2. The topological polar surface area (TPSA) is 113 Å². The molecule has 174 valence electrons. The van der Waals surface area contributed by atoms with Gasteiger partial charge in [-0.2, -0.15) is 0 Å². The largest absolute Gasteiger partial charge is 0.481 e. The van der Waals surface area contributed by atoms with Gasteiger partial charge < -0.3 is 10.4 Å². The Labute approximate surface area is 197 Å². The highest BCUT2D eigenvalue weighted by Gasteiger charge is 2.37. The molecule has 0 bridgehead atoms. The molecule has 3 aromatic rings. The molecule has 0 aliphatic carbocycles. The minimum Gasteiger partial charge on any atom is -0.481 e. The number of nitrogens with zero attached hydrogens (tertiary/aromatic N) is 1. The number of rotatable bonds is 9. The van der Waals surface area contributed by atoms with Gasteiger partial charge >= 0.3 is 5.97 Å². The van der Waals surface area contributed by atoms with Crippen molar-refractivity contribution in [2.24, 2.45) is 5.41 Å². The van der Waals surface area contributed by atoms with Gasteiger partial charge in [-0.3, -0.25) is 14.6 Å². The van der Waals surface area contributed by atoms with Crippen LogP contribution < -0.4 is 5.32 Å².